The SMILES string of the molecule is Cc1nnc(C2NCCCC2(C)C)n1C(C)C. The lowest BCUT2D eigenvalue weighted by Crippen LogP contribution is -2.41. The summed E-state index contributed by atoms with van der Waals surface area (Å²) >= 11 is 0. The molecule has 4 nitrogen and oxygen atoms in total. The summed E-state index contributed by atoms with van der Waals surface area (Å²) in [6.07, 6.45) is 2.49. The molecule has 4 heteroatoms. The standard InChI is InChI=1S/C13H24N4/c1-9(2)17-10(3)15-16-12(17)11-13(4,5)7-6-8-14-11/h9,11,14H,6-8H2,1-5H3. The van der Waals surface area contributed by atoms with E-state index >= 15 is 0 Å². The van der Waals surface area contributed by atoms with Crippen molar-refractivity contribution in [1.29, 1.82) is 0 Å². The maximum absolute atomic E-state index is 4.41. The van der Waals surface area contributed by atoms with E-state index in [-0.39, 0.29) is 5.41 Å². The van der Waals surface area contributed by atoms with Gasteiger partial charge in [0.05, 0.1) is 6.04 Å². The molecule has 0 spiro atoms. The van der Waals surface area contributed by atoms with E-state index in [1.807, 2.05) is 6.92 Å². The van der Waals surface area contributed by atoms with E-state index in [4.69, 9.17) is 0 Å². The molecule has 0 bridgehead atoms. The summed E-state index contributed by atoms with van der Waals surface area (Å²) in [6, 6.07) is 0.736. The maximum Gasteiger partial charge on any atom is 0.150 e. The Bertz CT molecular complexity index is 392. The summed E-state index contributed by atoms with van der Waals surface area (Å²) in [5, 5.41) is 12.3. The van der Waals surface area contributed by atoms with Crippen LogP contribution >= 0.6 is 0 Å². The fraction of sp³-hybridized carbons (Fsp3) is 0.846. The van der Waals surface area contributed by atoms with Crippen molar-refractivity contribution in [1.82, 2.24) is 20.1 Å². The molecule has 0 aromatic carbocycles. The van der Waals surface area contributed by atoms with Gasteiger partial charge in [0.15, 0.2) is 5.82 Å². The van der Waals surface area contributed by atoms with E-state index in [1.165, 1.54) is 12.8 Å². The summed E-state index contributed by atoms with van der Waals surface area (Å²) in [7, 11) is 0. The Morgan fingerprint density at radius 3 is 2.65 bits per heavy atom. The molecule has 1 atom stereocenters. The van der Waals surface area contributed by atoms with Gasteiger partial charge in [0, 0.05) is 6.04 Å². The van der Waals surface area contributed by atoms with Crippen LogP contribution in [-0.4, -0.2) is 21.3 Å². The predicted octanol–water partition coefficient (Wildman–Crippen LogP) is 2.62. The summed E-state index contributed by atoms with van der Waals surface area (Å²) in [5.41, 5.74) is 0.254. The van der Waals surface area contributed by atoms with Crippen molar-refractivity contribution < 1.29 is 0 Å². The molecule has 17 heavy (non-hydrogen) atoms. The van der Waals surface area contributed by atoms with Gasteiger partial charge in [0.2, 0.25) is 0 Å². The molecule has 0 amide bonds. The number of nitrogens with zero attached hydrogens (tertiary/aromatic N) is 3. The summed E-state index contributed by atoms with van der Waals surface area (Å²) < 4.78 is 2.25. The van der Waals surface area contributed by atoms with Gasteiger partial charge in [-0.15, -0.1) is 10.2 Å². The van der Waals surface area contributed by atoms with Crippen LogP contribution in [0.5, 0.6) is 0 Å². The molecule has 1 fully saturated rings. The first-order chi connectivity index (χ1) is 7.93. The number of aromatic nitrogens is 3. The third kappa shape index (κ3) is 2.23. The Kier molecular flexibility index (Phi) is 3.25. The molecule has 2 rings (SSSR count). The number of nitrogens with one attached hydrogen (secondary N) is 1. The van der Waals surface area contributed by atoms with Crippen molar-refractivity contribution in [2.45, 2.75) is 59.5 Å². The predicted molar refractivity (Wildman–Crippen MR) is 68.9 cm³/mol. The molecule has 1 aromatic heterocycles. The van der Waals surface area contributed by atoms with E-state index in [0.29, 0.717) is 12.1 Å². The van der Waals surface area contributed by atoms with Gasteiger partial charge in [-0.25, -0.2) is 0 Å². The molecule has 1 aliphatic heterocycles. The lowest BCUT2D eigenvalue weighted by atomic mass is 9.77. The first-order valence-corrected chi connectivity index (χ1v) is 6.58. The monoisotopic (exact) mass is 236 g/mol. The highest BCUT2D eigenvalue weighted by Crippen LogP contribution is 2.39. The van der Waals surface area contributed by atoms with Gasteiger partial charge < -0.3 is 9.88 Å². The average molecular weight is 236 g/mol. The third-order valence-corrected chi connectivity index (χ3v) is 3.80. The van der Waals surface area contributed by atoms with Gasteiger partial charge in [-0.1, -0.05) is 13.8 Å². The smallest absolute Gasteiger partial charge is 0.150 e. The molecule has 2 heterocycles. The number of rotatable bonds is 2. The largest absolute Gasteiger partial charge is 0.311 e. The van der Waals surface area contributed by atoms with Crippen molar-refractivity contribution >= 4 is 0 Å². The molecule has 1 N–H and O–H groups in total. The molecule has 96 valence electrons. The molecule has 0 radical (unpaired) electrons. The molecule has 1 aliphatic rings. The van der Waals surface area contributed by atoms with Crippen LogP contribution in [0.3, 0.4) is 0 Å². The average Bonchev–Trinajstić information content (AvgIpc) is 2.59. The van der Waals surface area contributed by atoms with E-state index in [1.54, 1.807) is 0 Å². The van der Waals surface area contributed by atoms with E-state index in [9.17, 15) is 0 Å². The van der Waals surface area contributed by atoms with Gasteiger partial charge in [-0.05, 0) is 45.6 Å². The zero-order valence-electron chi connectivity index (χ0n) is 11.6. The van der Waals surface area contributed by atoms with E-state index in [0.717, 1.165) is 18.2 Å². The zero-order valence-corrected chi connectivity index (χ0v) is 11.6. The van der Waals surface area contributed by atoms with Crippen molar-refractivity contribution in [3.63, 3.8) is 0 Å². The van der Waals surface area contributed by atoms with E-state index < -0.39 is 0 Å². The van der Waals surface area contributed by atoms with Crippen LogP contribution in [0.2, 0.25) is 0 Å². The molecule has 1 unspecified atom stereocenters. The minimum Gasteiger partial charge on any atom is -0.311 e. The van der Waals surface area contributed by atoms with E-state index in [2.05, 4.69) is 47.8 Å². The molecule has 1 saturated heterocycles. The fourth-order valence-corrected chi connectivity index (χ4v) is 2.87. The fourth-order valence-electron chi connectivity index (χ4n) is 2.87. The Morgan fingerprint density at radius 2 is 2.06 bits per heavy atom. The minimum absolute atomic E-state index is 0.254. The number of hydrogen-bond donors (Lipinski definition) is 1. The van der Waals surface area contributed by atoms with Crippen molar-refractivity contribution in [2.24, 2.45) is 5.41 Å². The van der Waals surface area contributed by atoms with Crippen molar-refractivity contribution in [3.05, 3.63) is 11.6 Å². The van der Waals surface area contributed by atoms with Gasteiger partial charge >= 0.3 is 0 Å². The first kappa shape index (κ1) is 12.6. The highest BCUT2D eigenvalue weighted by atomic mass is 15.3. The van der Waals surface area contributed by atoms with Crippen LogP contribution in [0.4, 0.5) is 0 Å². The molecule has 0 saturated carbocycles. The normalized spacial score (nSPS) is 24.2. The summed E-state index contributed by atoms with van der Waals surface area (Å²) in [4.78, 5) is 0. The zero-order chi connectivity index (χ0) is 12.6. The quantitative estimate of drug-likeness (QED) is 0.858. The van der Waals surface area contributed by atoms with Crippen molar-refractivity contribution in [2.75, 3.05) is 6.54 Å². The Morgan fingerprint density at radius 1 is 1.35 bits per heavy atom. The number of piperidine rings is 1. The topological polar surface area (TPSA) is 42.7 Å². The lowest BCUT2D eigenvalue weighted by molar-refractivity contribution is 0.168. The first-order valence-electron chi connectivity index (χ1n) is 6.58. The molecular weight excluding hydrogens is 212 g/mol. The highest BCUT2D eigenvalue weighted by Gasteiger charge is 2.36. The molecular formula is C13H24N4. The Labute approximate surface area is 104 Å². The van der Waals surface area contributed by atoms with Crippen LogP contribution in [0.25, 0.3) is 0 Å². The second-order valence-corrected chi connectivity index (χ2v) is 6.05. The molecule has 1 aromatic rings. The second-order valence-electron chi connectivity index (χ2n) is 6.05. The van der Waals surface area contributed by atoms with Gasteiger partial charge in [-0.3, -0.25) is 0 Å². The van der Waals surface area contributed by atoms with Gasteiger partial charge in [0.1, 0.15) is 5.82 Å². The highest BCUT2D eigenvalue weighted by molar-refractivity contribution is 5.07. The Balaban J connectivity index is 2.39. The second kappa shape index (κ2) is 4.41. The van der Waals surface area contributed by atoms with Gasteiger partial charge in [0.25, 0.3) is 0 Å². The minimum atomic E-state index is 0.254. The number of hydrogen-bond acceptors (Lipinski definition) is 3. The van der Waals surface area contributed by atoms with Crippen LogP contribution in [0, 0.1) is 12.3 Å². The summed E-state index contributed by atoms with van der Waals surface area (Å²) in [6.45, 7) is 12.1. The van der Waals surface area contributed by atoms with Crippen LogP contribution < -0.4 is 5.32 Å². The number of aryl methyl sites for hydroxylation is 1. The van der Waals surface area contributed by atoms with Crippen molar-refractivity contribution in [3.8, 4) is 0 Å². The lowest BCUT2D eigenvalue weighted by Gasteiger charge is -2.39. The maximum atomic E-state index is 4.41. The molecule has 0 aliphatic carbocycles. The van der Waals surface area contributed by atoms with Crippen LogP contribution in [0.1, 0.15) is 64.3 Å². The van der Waals surface area contributed by atoms with Gasteiger partial charge in [-0.2, -0.15) is 0 Å². The third-order valence-electron chi connectivity index (χ3n) is 3.80. The Hall–Kier alpha value is -0.900. The summed E-state index contributed by atoms with van der Waals surface area (Å²) in [5.74, 6) is 2.11. The van der Waals surface area contributed by atoms with Crippen LogP contribution in [-0.2, 0) is 0 Å². The van der Waals surface area contributed by atoms with Crippen LogP contribution in [0.15, 0.2) is 0 Å².